The summed E-state index contributed by atoms with van der Waals surface area (Å²) in [5.41, 5.74) is 5.61. The molecule has 2 rings (SSSR count). The molecule has 128 valence electrons. The minimum Gasteiger partial charge on any atom is -0.370 e. The summed E-state index contributed by atoms with van der Waals surface area (Å²) >= 11 is 13.1. The Balaban J connectivity index is 1.91. The van der Waals surface area contributed by atoms with E-state index in [0.717, 1.165) is 0 Å². The SMILES string of the molecule is Cn1c(CCC(N)=O)nnc1SCC(=O)Nc1ccc(Cl)cc1Cl. The number of carbonyl (C=O) groups is 2. The summed E-state index contributed by atoms with van der Waals surface area (Å²) in [6.45, 7) is 0. The second-order valence-corrected chi connectivity index (χ2v) is 6.67. The number of anilines is 1. The maximum Gasteiger partial charge on any atom is 0.234 e. The van der Waals surface area contributed by atoms with E-state index >= 15 is 0 Å². The lowest BCUT2D eigenvalue weighted by atomic mass is 10.3. The molecule has 0 radical (unpaired) electrons. The van der Waals surface area contributed by atoms with E-state index in [2.05, 4.69) is 15.5 Å². The Hall–Kier alpha value is -1.77. The Bertz CT molecular complexity index is 766. The monoisotopic (exact) mass is 387 g/mol. The van der Waals surface area contributed by atoms with Crippen molar-refractivity contribution < 1.29 is 9.59 Å². The van der Waals surface area contributed by atoms with Crippen molar-refractivity contribution in [1.29, 1.82) is 0 Å². The number of nitrogens with two attached hydrogens (primary N) is 1. The van der Waals surface area contributed by atoms with Crippen LogP contribution >= 0.6 is 35.0 Å². The maximum absolute atomic E-state index is 12.0. The largest absolute Gasteiger partial charge is 0.370 e. The molecular weight excluding hydrogens is 373 g/mol. The summed E-state index contributed by atoms with van der Waals surface area (Å²) < 4.78 is 1.73. The highest BCUT2D eigenvalue weighted by molar-refractivity contribution is 7.99. The molecule has 7 nitrogen and oxygen atoms in total. The first-order valence-corrected chi connectivity index (χ1v) is 8.65. The second kappa shape index (κ2) is 8.36. The molecule has 1 aromatic carbocycles. The lowest BCUT2D eigenvalue weighted by Gasteiger charge is -2.07. The number of thioether (sulfide) groups is 1. The fourth-order valence-electron chi connectivity index (χ4n) is 1.83. The molecule has 24 heavy (non-hydrogen) atoms. The second-order valence-electron chi connectivity index (χ2n) is 4.89. The zero-order valence-corrected chi connectivity index (χ0v) is 15.1. The predicted molar refractivity (Wildman–Crippen MR) is 94.3 cm³/mol. The molecule has 1 heterocycles. The Labute approximate surface area is 152 Å². The van der Waals surface area contributed by atoms with Gasteiger partial charge in [0.25, 0.3) is 0 Å². The van der Waals surface area contributed by atoms with Crippen LogP contribution in [0.15, 0.2) is 23.4 Å². The summed E-state index contributed by atoms with van der Waals surface area (Å²) in [6.07, 6.45) is 0.609. The number of hydrogen-bond donors (Lipinski definition) is 2. The summed E-state index contributed by atoms with van der Waals surface area (Å²) in [5, 5.41) is 12.1. The van der Waals surface area contributed by atoms with Crippen LogP contribution in [-0.4, -0.2) is 32.3 Å². The highest BCUT2D eigenvalue weighted by Gasteiger charge is 2.13. The predicted octanol–water partition coefficient (Wildman–Crippen LogP) is 2.27. The smallest absolute Gasteiger partial charge is 0.234 e. The highest BCUT2D eigenvalue weighted by atomic mass is 35.5. The third-order valence-electron chi connectivity index (χ3n) is 3.06. The first-order chi connectivity index (χ1) is 11.4. The Morgan fingerprint density at radius 2 is 2.08 bits per heavy atom. The van der Waals surface area contributed by atoms with Crippen LogP contribution in [0.25, 0.3) is 0 Å². The quantitative estimate of drug-likeness (QED) is 0.709. The van der Waals surface area contributed by atoms with Crippen molar-refractivity contribution in [2.24, 2.45) is 12.8 Å². The number of amides is 2. The maximum atomic E-state index is 12.0. The number of primary amides is 1. The van der Waals surface area contributed by atoms with E-state index in [1.54, 1.807) is 29.8 Å². The lowest BCUT2D eigenvalue weighted by molar-refractivity contribution is -0.118. The molecule has 10 heteroatoms. The van der Waals surface area contributed by atoms with E-state index in [4.69, 9.17) is 28.9 Å². The van der Waals surface area contributed by atoms with Gasteiger partial charge in [0.05, 0.1) is 16.5 Å². The van der Waals surface area contributed by atoms with Crippen molar-refractivity contribution in [1.82, 2.24) is 14.8 Å². The average molecular weight is 388 g/mol. The molecule has 0 aliphatic rings. The van der Waals surface area contributed by atoms with Gasteiger partial charge in [-0.05, 0) is 18.2 Å². The summed E-state index contributed by atoms with van der Waals surface area (Å²) in [6, 6.07) is 4.83. The first-order valence-electron chi connectivity index (χ1n) is 6.91. The number of nitrogens with one attached hydrogen (secondary N) is 1. The van der Waals surface area contributed by atoms with Gasteiger partial charge in [0.15, 0.2) is 5.16 Å². The van der Waals surface area contributed by atoms with Gasteiger partial charge in [0, 0.05) is 24.9 Å². The third kappa shape index (κ3) is 5.12. The van der Waals surface area contributed by atoms with Crippen LogP contribution in [0.4, 0.5) is 5.69 Å². The van der Waals surface area contributed by atoms with Gasteiger partial charge in [-0.25, -0.2) is 0 Å². The van der Waals surface area contributed by atoms with Gasteiger partial charge in [-0.1, -0.05) is 35.0 Å². The van der Waals surface area contributed by atoms with Gasteiger partial charge in [-0.15, -0.1) is 10.2 Å². The average Bonchev–Trinajstić information content (AvgIpc) is 2.86. The zero-order chi connectivity index (χ0) is 17.7. The van der Waals surface area contributed by atoms with Gasteiger partial charge in [0.1, 0.15) is 5.82 Å². The number of hydrogen-bond acceptors (Lipinski definition) is 5. The fourth-order valence-corrected chi connectivity index (χ4v) is 3.02. The van der Waals surface area contributed by atoms with Gasteiger partial charge in [-0.2, -0.15) is 0 Å². The molecule has 0 saturated heterocycles. The van der Waals surface area contributed by atoms with Crippen LogP contribution < -0.4 is 11.1 Å². The van der Waals surface area contributed by atoms with E-state index < -0.39 is 5.91 Å². The van der Waals surface area contributed by atoms with Crippen molar-refractivity contribution in [3.05, 3.63) is 34.1 Å². The molecule has 2 aromatic rings. The number of halogens is 2. The molecule has 0 unspecified atom stereocenters. The Morgan fingerprint density at radius 1 is 1.33 bits per heavy atom. The van der Waals surface area contributed by atoms with Crippen molar-refractivity contribution in [3.63, 3.8) is 0 Å². The molecule has 0 fully saturated rings. The van der Waals surface area contributed by atoms with Gasteiger partial charge >= 0.3 is 0 Å². The molecule has 0 bridgehead atoms. The van der Waals surface area contributed by atoms with Crippen LogP contribution in [0.5, 0.6) is 0 Å². The molecule has 2 amide bonds. The van der Waals surface area contributed by atoms with Gasteiger partial charge < -0.3 is 15.6 Å². The normalized spacial score (nSPS) is 10.6. The van der Waals surface area contributed by atoms with Crippen LogP contribution in [0, 0.1) is 0 Å². The molecule has 1 aromatic heterocycles. The molecule has 3 N–H and O–H groups in total. The zero-order valence-electron chi connectivity index (χ0n) is 12.8. The van der Waals surface area contributed by atoms with E-state index in [9.17, 15) is 9.59 Å². The number of aromatic nitrogens is 3. The number of rotatable bonds is 7. The fraction of sp³-hybridized carbons (Fsp3) is 0.286. The van der Waals surface area contributed by atoms with Crippen LogP contribution in [-0.2, 0) is 23.1 Å². The molecule has 0 atom stereocenters. The number of aryl methyl sites for hydroxylation is 1. The topological polar surface area (TPSA) is 103 Å². The molecule has 0 aliphatic heterocycles. The standard InChI is InChI=1S/C14H15Cl2N5O2S/c1-21-12(5-4-11(17)22)19-20-14(21)24-7-13(23)18-10-3-2-8(15)6-9(10)16/h2-3,6H,4-5,7H2,1H3,(H2,17,22)(H,18,23). The molecule has 0 aliphatic carbocycles. The van der Waals surface area contributed by atoms with Crippen molar-refractivity contribution in [3.8, 4) is 0 Å². The minimum absolute atomic E-state index is 0.140. The van der Waals surface area contributed by atoms with Crippen molar-refractivity contribution in [2.45, 2.75) is 18.0 Å². The van der Waals surface area contributed by atoms with E-state index in [0.29, 0.717) is 33.1 Å². The number of benzene rings is 1. The number of nitrogens with zero attached hydrogens (tertiary/aromatic N) is 3. The first kappa shape index (κ1) is 18.6. The summed E-state index contributed by atoms with van der Waals surface area (Å²) in [5.74, 6) is 0.149. The van der Waals surface area contributed by atoms with Crippen molar-refractivity contribution >= 4 is 52.5 Å². The third-order valence-corrected chi connectivity index (χ3v) is 4.63. The highest BCUT2D eigenvalue weighted by Crippen LogP contribution is 2.25. The summed E-state index contributed by atoms with van der Waals surface area (Å²) in [4.78, 5) is 22.8. The van der Waals surface area contributed by atoms with Crippen LogP contribution in [0.2, 0.25) is 10.0 Å². The van der Waals surface area contributed by atoms with Crippen LogP contribution in [0.1, 0.15) is 12.2 Å². The molecular formula is C14H15Cl2N5O2S. The van der Waals surface area contributed by atoms with Gasteiger partial charge in [0.2, 0.25) is 11.8 Å². The van der Waals surface area contributed by atoms with E-state index in [1.807, 2.05) is 0 Å². The summed E-state index contributed by atoms with van der Waals surface area (Å²) in [7, 11) is 1.77. The van der Waals surface area contributed by atoms with Crippen molar-refractivity contribution in [2.75, 3.05) is 11.1 Å². The van der Waals surface area contributed by atoms with Gasteiger partial charge in [-0.3, -0.25) is 9.59 Å². The minimum atomic E-state index is -0.397. The molecule has 0 saturated carbocycles. The molecule has 0 spiro atoms. The Kier molecular flexibility index (Phi) is 6.47. The lowest BCUT2D eigenvalue weighted by Crippen LogP contribution is -2.15. The number of carbonyl (C=O) groups excluding carboxylic acids is 2. The van der Waals surface area contributed by atoms with Crippen LogP contribution in [0.3, 0.4) is 0 Å². The Morgan fingerprint density at radius 3 is 2.75 bits per heavy atom. The van der Waals surface area contributed by atoms with E-state index in [1.165, 1.54) is 11.8 Å². The van der Waals surface area contributed by atoms with E-state index in [-0.39, 0.29) is 18.1 Å².